The fourth-order valence-corrected chi connectivity index (χ4v) is 2.80. The van der Waals surface area contributed by atoms with E-state index in [2.05, 4.69) is 15.3 Å². The number of nitrogens with zero attached hydrogens (tertiary/aromatic N) is 3. The topological polar surface area (TPSA) is 75.2 Å². The zero-order valence-corrected chi connectivity index (χ0v) is 12.1. The summed E-state index contributed by atoms with van der Waals surface area (Å²) in [6.07, 6.45) is 4.63. The van der Waals surface area contributed by atoms with Crippen LogP contribution in [0.1, 0.15) is 5.56 Å². The highest BCUT2D eigenvalue weighted by Crippen LogP contribution is 2.16. The number of hydrogen-bond acceptors (Lipinski definition) is 5. The van der Waals surface area contributed by atoms with E-state index in [1.807, 2.05) is 0 Å². The fraction of sp³-hybridized carbons (Fsp3) is 0.231. The van der Waals surface area contributed by atoms with Crippen LogP contribution in [0, 0.1) is 0 Å². The predicted molar refractivity (Wildman–Crippen MR) is 76.7 cm³/mol. The molecule has 0 spiro atoms. The second-order valence-electron chi connectivity index (χ2n) is 4.25. The van der Waals surface area contributed by atoms with Crippen molar-refractivity contribution in [3.05, 3.63) is 48.4 Å². The summed E-state index contributed by atoms with van der Waals surface area (Å²) in [6, 6.07) is 6.74. The third-order valence-electron chi connectivity index (χ3n) is 2.86. The molecule has 6 nitrogen and oxygen atoms in total. The molecule has 0 atom stereocenters. The summed E-state index contributed by atoms with van der Waals surface area (Å²) >= 11 is 0. The first kappa shape index (κ1) is 14.4. The number of sulfonamides is 1. The minimum atomic E-state index is -3.54. The van der Waals surface area contributed by atoms with E-state index in [9.17, 15) is 8.42 Å². The van der Waals surface area contributed by atoms with Crippen molar-refractivity contribution in [1.82, 2.24) is 14.3 Å². The van der Waals surface area contributed by atoms with Crippen LogP contribution in [0.4, 0.5) is 5.82 Å². The van der Waals surface area contributed by atoms with Crippen molar-refractivity contribution in [2.75, 3.05) is 19.4 Å². The molecule has 0 radical (unpaired) electrons. The summed E-state index contributed by atoms with van der Waals surface area (Å²) in [5, 5.41) is 2.85. The molecule has 0 aliphatic heterocycles. The van der Waals surface area contributed by atoms with Crippen LogP contribution in [0.15, 0.2) is 47.8 Å². The summed E-state index contributed by atoms with van der Waals surface area (Å²) in [4.78, 5) is 8.11. The van der Waals surface area contributed by atoms with Gasteiger partial charge >= 0.3 is 0 Å². The Hall–Kier alpha value is -1.99. The van der Waals surface area contributed by atoms with Crippen molar-refractivity contribution in [3.63, 3.8) is 0 Å². The summed E-state index contributed by atoms with van der Waals surface area (Å²) in [5.41, 5.74) is 0.880. The van der Waals surface area contributed by atoms with Gasteiger partial charge < -0.3 is 5.32 Å². The van der Waals surface area contributed by atoms with Crippen molar-refractivity contribution in [3.8, 4) is 0 Å². The highest BCUT2D eigenvalue weighted by atomic mass is 32.2. The van der Waals surface area contributed by atoms with Gasteiger partial charge in [0.15, 0.2) is 0 Å². The van der Waals surface area contributed by atoms with Crippen LogP contribution < -0.4 is 5.32 Å². The van der Waals surface area contributed by atoms with Crippen molar-refractivity contribution < 1.29 is 8.42 Å². The maximum Gasteiger partial charge on any atom is 0.244 e. The molecule has 0 aromatic carbocycles. The number of aromatic nitrogens is 2. The van der Waals surface area contributed by atoms with E-state index in [4.69, 9.17) is 0 Å². The van der Waals surface area contributed by atoms with Crippen molar-refractivity contribution in [2.45, 2.75) is 11.4 Å². The molecular weight excluding hydrogens is 276 g/mol. The molecule has 106 valence electrons. The maximum absolute atomic E-state index is 12.4. The van der Waals surface area contributed by atoms with Gasteiger partial charge in [0.2, 0.25) is 10.0 Å². The van der Waals surface area contributed by atoms with E-state index in [0.717, 1.165) is 5.56 Å². The van der Waals surface area contributed by atoms with E-state index < -0.39 is 10.0 Å². The third kappa shape index (κ3) is 3.12. The number of pyridine rings is 2. The molecule has 0 amide bonds. The number of hydrogen-bond donors (Lipinski definition) is 1. The van der Waals surface area contributed by atoms with Gasteiger partial charge in [-0.25, -0.2) is 13.4 Å². The zero-order valence-electron chi connectivity index (χ0n) is 11.3. The van der Waals surface area contributed by atoms with Crippen molar-refractivity contribution >= 4 is 15.8 Å². The van der Waals surface area contributed by atoms with Gasteiger partial charge in [-0.15, -0.1) is 0 Å². The highest BCUT2D eigenvalue weighted by Gasteiger charge is 2.21. The summed E-state index contributed by atoms with van der Waals surface area (Å²) < 4.78 is 26.1. The molecule has 7 heteroatoms. The number of nitrogens with one attached hydrogen (secondary N) is 1. The molecule has 0 aliphatic rings. The molecule has 0 saturated heterocycles. The number of rotatable bonds is 5. The average molecular weight is 292 g/mol. The van der Waals surface area contributed by atoms with Gasteiger partial charge in [-0.3, -0.25) is 4.98 Å². The van der Waals surface area contributed by atoms with Gasteiger partial charge in [0.25, 0.3) is 0 Å². The fourth-order valence-electron chi connectivity index (χ4n) is 1.69. The lowest BCUT2D eigenvalue weighted by Gasteiger charge is -2.17. The van der Waals surface area contributed by atoms with E-state index in [0.29, 0.717) is 12.4 Å². The molecule has 1 N–H and O–H groups in total. The van der Waals surface area contributed by atoms with E-state index in [-0.39, 0.29) is 4.90 Å². The second kappa shape index (κ2) is 5.98. The van der Waals surface area contributed by atoms with Gasteiger partial charge in [-0.05, 0) is 29.8 Å². The standard InChI is InChI=1S/C13H16N4O2S/c1-14-13-4-3-12(9-16-13)20(18,19)17(2)10-11-5-7-15-8-6-11/h3-9H,10H2,1-2H3,(H,14,16). The van der Waals surface area contributed by atoms with Crippen LogP contribution in [0.25, 0.3) is 0 Å². The Balaban J connectivity index is 2.20. The molecule has 0 unspecified atom stereocenters. The predicted octanol–water partition coefficient (Wildman–Crippen LogP) is 1.34. The van der Waals surface area contributed by atoms with E-state index in [1.54, 1.807) is 44.7 Å². The highest BCUT2D eigenvalue weighted by molar-refractivity contribution is 7.89. The first-order valence-electron chi connectivity index (χ1n) is 6.03. The first-order chi connectivity index (χ1) is 9.54. The Morgan fingerprint density at radius 3 is 2.45 bits per heavy atom. The Morgan fingerprint density at radius 2 is 1.90 bits per heavy atom. The smallest absolute Gasteiger partial charge is 0.244 e. The molecular formula is C13H16N4O2S. The van der Waals surface area contributed by atoms with Crippen LogP contribution in [0.2, 0.25) is 0 Å². The molecule has 0 saturated carbocycles. The quantitative estimate of drug-likeness (QED) is 0.900. The van der Waals surface area contributed by atoms with Crippen LogP contribution in [0.5, 0.6) is 0 Å². The summed E-state index contributed by atoms with van der Waals surface area (Å²) in [7, 11) is -0.268. The minimum absolute atomic E-state index is 0.174. The Kier molecular flexibility index (Phi) is 4.31. The second-order valence-corrected chi connectivity index (χ2v) is 6.29. The lowest BCUT2D eigenvalue weighted by molar-refractivity contribution is 0.466. The molecule has 2 rings (SSSR count). The molecule has 0 fully saturated rings. The Morgan fingerprint density at radius 1 is 1.20 bits per heavy atom. The minimum Gasteiger partial charge on any atom is -0.373 e. The monoisotopic (exact) mass is 292 g/mol. The van der Waals surface area contributed by atoms with Crippen LogP contribution in [0.3, 0.4) is 0 Å². The van der Waals surface area contributed by atoms with Gasteiger partial charge in [-0.2, -0.15) is 4.31 Å². The first-order valence-corrected chi connectivity index (χ1v) is 7.47. The lowest BCUT2D eigenvalue weighted by atomic mass is 10.3. The van der Waals surface area contributed by atoms with E-state index in [1.165, 1.54) is 16.6 Å². The summed E-state index contributed by atoms with van der Waals surface area (Å²) in [6.45, 7) is 0.290. The Labute approximate surface area is 118 Å². The van der Waals surface area contributed by atoms with Gasteiger partial charge in [0.05, 0.1) is 0 Å². The van der Waals surface area contributed by atoms with Gasteiger partial charge in [0.1, 0.15) is 10.7 Å². The molecule has 0 bridgehead atoms. The zero-order chi connectivity index (χ0) is 14.6. The summed E-state index contributed by atoms with van der Waals surface area (Å²) in [5.74, 6) is 0.626. The molecule has 2 aromatic rings. The normalized spacial score (nSPS) is 11.6. The van der Waals surface area contributed by atoms with Crippen molar-refractivity contribution in [1.29, 1.82) is 0 Å². The van der Waals surface area contributed by atoms with Gasteiger partial charge in [-0.1, -0.05) is 0 Å². The van der Waals surface area contributed by atoms with E-state index >= 15 is 0 Å². The van der Waals surface area contributed by atoms with Crippen LogP contribution >= 0.6 is 0 Å². The number of anilines is 1. The van der Waals surface area contributed by atoms with Crippen LogP contribution in [-0.2, 0) is 16.6 Å². The third-order valence-corrected chi connectivity index (χ3v) is 4.64. The van der Waals surface area contributed by atoms with Crippen LogP contribution in [-0.4, -0.2) is 36.8 Å². The molecule has 2 aromatic heterocycles. The Bertz CT molecular complexity index is 657. The lowest BCUT2D eigenvalue weighted by Crippen LogP contribution is -2.26. The SMILES string of the molecule is CNc1ccc(S(=O)(=O)N(C)Cc2ccncc2)cn1. The average Bonchev–Trinajstić information content (AvgIpc) is 2.48. The maximum atomic E-state index is 12.4. The molecule has 0 aliphatic carbocycles. The van der Waals surface area contributed by atoms with Crippen molar-refractivity contribution in [2.24, 2.45) is 0 Å². The van der Waals surface area contributed by atoms with Gasteiger partial charge in [0, 0.05) is 39.2 Å². The molecule has 2 heterocycles. The largest absolute Gasteiger partial charge is 0.373 e. The molecule has 20 heavy (non-hydrogen) atoms.